The van der Waals surface area contributed by atoms with Gasteiger partial charge in [-0.3, -0.25) is 9.53 Å². The molecule has 1 aromatic carbocycles. The number of hydrogen-bond acceptors (Lipinski definition) is 5. The average Bonchev–Trinajstić information content (AvgIpc) is 2.41. The number of halogens is 3. The number of rotatable bonds is 7. The Morgan fingerprint density at radius 1 is 1.10 bits per heavy atom. The highest BCUT2D eigenvalue weighted by Crippen LogP contribution is 2.38. The number of carbonyl (C=O) groups excluding carboxylic acids is 1. The van der Waals surface area contributed by atoms with Crippen molar-refractivity contribution in [2.24, 2.45) is 0 Å². The molecule has 0 saturated heterocycles. The number of ether oxygens (including phenoxy) is 4. The van der Waals surface area contributed by atoms with E-state index in [4.69, 9.17) is 14.2 Å². The van der Waals surface area contributed by atoms with E-state index in [1.165, 1.54) is 26.4 Å². The largest absolute Gasteiger partial charge is 0.522 e. The molecule has 0 saturated carbocycles. The molecule has 1 aromatic rings. The number of aldehydes is 1. The zero-order valence-corrected chi connectivity index (χ0v) is 10.8. The molecule has 0 N–H and O–H groups in total. The summed E-state index contributed by atoms with van der Waals surface area (Å²) in [7, 11) is 2.67. The van der Waals surface area contributed by atoms with Gasteiger partial charge in [-0.25, -0.2) is 0 Å². The van der Waals surface area contributed by atoms with Crippen LogP contribution in [-0.4, -0.2) is 40.1 Å². The summed E-state index contributed by atoms with van der Waals surface area (Å²) >= 11 is 0. The topological polar surface area (TPSA) is 54.0 Å². The van der Waals surface area contributed by atoms with Gasteiger partial charge < -0.3 is 14.2 Å². The van der Waals surface area contributed by atoms with E-state index < -0.39 is 13.0 Å². The Morgan fingerprint density at radius 3 is 2.05 bits per heavy atom. The number of benzene rings is 1. The first kappa shape index (κ1) is 16.1. The third-order valence-corrected chi connectivity index (χ3v) is 2.21. The van der Waals surface area contributed by atoms with Gasteiger partial charge in [0, 0.05) is 5.56 Å². The highest BCUT2D eigenvalue weighted by molar-refractivity contribution is 5.78. The Kier molecular flexibility index (Phi) is 5.63. The Labute approximate surface area is 113 Å². The van der Waals surface area contributed by atoms with Crippen LogP contribution in [0.3, 0.4) is 0 Å². The number of carbonyl (C=O) groups is 1. The molecule has 0 bridgehead atoms. The predicted molar refractivity (Wildman–Crippen MR) is 62.4 cm³/mol. The first-order valence-electron chi connectivity index (χ1n) is 5.46. The molecular formula is C12H13F3O5. The Balaban J connectivity index is 2.79. The molecule has 0 atom stereocenters. The van der Waals surface area contributed by atoms with Gasteiger partial charge in [0.25, 0.3) is 0 Å². The lowest BCUT2D eigenvalue weighted by Gasteiger charge is -2.15. The normalized spacial score (nSPS) is 11.1. The fraction of sp³-hybridized carbons (Fsp3) is 0.417. The van der Waals surface area contributed by atoms with Crippen molar-refractivity contribution in [1.29, 1.82) is 0 Å². The lowest BCUT2D eigenvalue weighted by Crippen LogP contribution is -2.18. The fourth-order valence-electron chi connectivity index (χ4n) is 1.41. The molecular weight excluding hydrogens is 281 g/mol. The smallest absolute Gasteiger partial charge is 0.493 e. The van der Waals surface area contributed by atoms with Gasteiger partial charge in [-0.15, -0.1) is 13.2 Å². The monoisotopic (exact) mass is 294 g/mol. The van der Waals surface area contributed by atoms with Crippen LogP contribution in [0.4, 0.5) is 13.2 Å². The maximum Gasteiger partial charge on any atom is 0.522 e. The maximum atomic E-state index is 11.8. The van der Waals surface area contributed by atoms with Crippen LogP contribution in [-0.2, 0) is 4.74 Å². The van der Waals surface area contributed by atoms with E-state index in [1.54, 1.807) is 0 Å². The van der Waals surface area contributed by atoms with E-state index in [2.05, 4.69) is 4.74 Å². The molecule has 8 heteroatoms. The van der Waals surface area contributed by atoms with Gasteiger partial charge in [0.1, 0.15) is 12.9 Å². The minimum absolute atomic E-state index is 0.103. The third kappa shape index (κ3) is 4.61. The highest BCUT2D eigenvalue weighted by Gasteiger charge is 2.28. The maximum absolute atomic E-state index is 11.8. The van der Waals surface area contributed by atoms with E-state index in [1.807, 2.05) is 0 Å². The molecule has 0 heterocycles. The van der Waals surface area contributed by atoms with E-state index in [-0.39, 0.29) is 29.4 Å². The molecule has 1 rings (SSSR count). The van der Waals surface area contributed by atoms with Crippen LogP contribution in [0, 0.1) is 0 Å². The molecule has 0 aliphatic carbocycles. The summed E-state index contributed by atoms with van der Waals surface area (Å²) in [5.74, 6) is 0.461. The summed E-state index contributed by atoms with van der Waals surface area (Å²) in [5, 5.41) is 0. The van der Waals surface area contributed by atoms with E-state index in [0.717, 1.165) is 0 Å². The zero-order valence-electron chi connectivity index (χ0n) is 10.8. The summed E-state index contributed by atoms with van der Waals surface area (Å²) in [5.41, 5.74) is 0.289. The van der Waals surface area contributed by atoms with Crippen LogP contribution in [0.15, 0.2) is 12.1 Å². The van der Waals surface area contributed by atoms with Gasteiger partial charge in [-0.05, 0) is 12.1 Å². The van der Waals surface area contributed by atoms with Crippen molar-refractivity contribution in [3.05, 3.63) is 17.7 Å². The first-order valence-corrected chi connectivity index (χ1v) is 5.46. The fourth-order valence-corrected chi connectivity index (χ4v) is 1.41. The van der Waals surface area contributed by atoms with Crippen molar-refractivity contribution in [2.45, 2.75) is 6.36 Å². The van der Waals surface area contributed by atoms with Gasteiger partial charge in [0.15, 0.2) is 11.5 Å². The number of methoxy groups -OCH3 is 2. The van der Waals surface area contributed by atoms with Gasteiger partial charge in [-0.2, -0.15) is 0 Å². The molecule has 0 aromatic heterocycles. The summed E-state index contributed by atoms with van der Waals surface area (Å²) in [6.45, 7) is -1.03. The lowest BCUT2D eigenvalue weighted by atomic mass is 10.2. The van der Waals surface area contributed by atoms with Crippen molar-refractivity contribution in [2.75, 3.05) is 27.4 Å². The van der Waals surface area contributed by atoms with Crippen molar-refractivity contribution < 1.29 is 36.9 Å². The molecule has 5 nitrogen and oxygen atoms in total. The summed E-state index contributed by atoms with van der Waals surface area (Å²) in [4.78, 5) is 10.7. The van der Waals surface area contributed by atoms with Crippen LogP contribution in [0.25, 0.3) is 0 Å². The molecule has 0 aliphatic rings. The van der Waals surface area contributed by atoms with Crippen molar-refractivity contribution in [1.82, 2.24) is 0 Å². The number of alkyl halides is 3. The molecule has 0 aliphatic heterocycles. The van der Waals surface area contributed by atoms with Gasteiger partial charge in [-0.1, -0.05) is 0 Å². The lowest BCUT2D eigenvalue weighted by molar-refractivity contribution is -0.325. The third-order valence-electron chi connectivity index (χ3n) is 2.21. The van der Waals surface area contributed by atoms with Crippen LogP contribution in [0.5, 0.6) is 17.2 Å². The van der Waals surface area contributed by atoms with Gasteiger partial charge in [0.2, 0.25) is 5.75 Å². The Hall–Kier alpha value is -1.96. The predicted octanol–water partition coefficient (Wildman–Crippen LogP) is 2.43. The van der Waals surface area contributed by atoms with E-state index in [9.17, 15) is 18.0 Å². The van der Waals surface area contributed by atoms with Gasteiger partial charge in [0.05, 0.1) is 20.8 Å². The second-order valence-corrected chi connectivity index (χ2v) is 3.52. The standard InChI is InChI=1S/C12H13F3O5/c1-17-9-5-8(7-16)6-10(18-2)11(9)19-3-4-20-12(13,14)15/h5-7H,3-4H2,1-2H3. The van der Waals surface area contributed by atoms with Crippen LogP contribution >= 0.6 is 0 Å². The Bertz CT molecular complexity index is 434. The molecule has 112 valence electrons. The zero-order chi connectivity index (χ0) is 15.2. The molecule has 0 radical (unpaired) electrons. The molecule has 20 heavy (non-hydrogen) atoms. The quantitative estimate of drug-likeness (QED) is 0.571. The second-order valence-electron chi connectivity index (χ2n) is 3.52. The Morgan fingerprint density at radius 2 is 1.65 bits per heavy atom. The molecule has 0 amide bonds. The van der Waals surface area contributed by atoms with Crippen LogP contribution in [0.1, 0.15) is 10.4 Å². The van der Waals surface area contributed by atoms with Crippen LogP contribution in [0.2, 0.25) is 0 Å². The van der Waals surface area contributed by atoms with Crippen molar-refractivity contribution >= 4 is 6.29 Å². The average molecular weight is 294 g/mol. The summed E-state index contributed by atoms with van der Waals surface area (Å²) < 4.78 is 54.2. The summed E-state index contributed by atoms with van der Waals surface area (Å²) in [6, 6.07) is 2.77. The minimum Gasteiger partial charge on any atom is -0.493 e. The van der Waals surface area contributed by atoms with Crippen LogP contribution < -0.4 is 14.2 Å². The molecule has 0 fully saturated rings. The first-order chi connectivity index (χ1) is 9.41. The summed E-state index contributed by atoms with van der Waals surface area (Å²) in [6.07, 6.45) is -4.12. The number of hydrogen-bond donors (Lipinski definition) is 0. The minimum atomic E-state index is -4.71. The molecule has 0 unspecified atom stereocenters. The highest BCUT2D eigenvalue weighted by atomic mass is 19.4. The SMILES string of the molecule is COc1cc(C=O)cc(OC)c1OCCOC(F)(F)F. The van der Waals surface area contributed by atoms with E-state index in [0.29, 0.717) is 6.29 Å². The second kappa shape index (κ2) is 6.99. The van der Waals surface area contributed by atoms with Crippen molar-refractivity contribution in [3.8, 4) is 17.2 Å². The van der Waals surface area contributed by atoms with Crippen molar-refractivity contribution in [3.63, 3.8) is 0 Å². The van der Waals surface area contributed by atoms with Gasteiger partial charge >= 0.3 is 6.36 Å². The molecule has 0 spiro atoms. The van der Waals surface area contributed by atoms with E-state index >= 15 is 0 Å².